The van der Waals surface area contributed by atoms with Crippen molar-refractivity contribution in [2.45, 2.75) is 102 Å². The third kappa shape index (κ3) is 7.66. The summed E-state index contributed by atoms with van der Waals surface area (Å²) in [6.07, 6.45) is 3.14. The molecule has 0 saturated heterocycles. The molecule has 2 aromatic rings. The predicted octanol–water partition coefficient (Wildman–Crippen LogP) is 4.19. The van der Waals surface area contributed by atoms with Crippen LogP contribution in [0.5, 0.6) is 5.88 Å². The molecule has 1 aromatic heterocycles. The maximum absolute atomic E-state index is 14.4. The first-order valence-electron chi connectivity index (χ1n) is 16.4. The van der Waals surface area contributed by atoms with Crippen molar-refractivity contribution in [1.82, 2.24) is 20.3 Å². The van der Waals surface area contributed by atoms with Gasteiger partial charge in [0.05, 0.1) is 17.2 Å². The molecule has 1 unspecified atom stereocenters. The molecule has 1 aromatic carbocycles. The Bertz CT molecular complexity index is 1720. The second kappa shape index (κ2) is 12.8. The van der Waals surface area contributed by atoms with Crippen molar-refractivity contribution in [3.8, 4) is 5.88 Å². The molecular formula is C35H46N4O8S. The number of ether oxygens (including phenoxy) is 2. The number of Topliss-reactive ketones (excluding diaryl/α,β-unsaturated/α-hetero) is 1. The molecule has 0 bridgehead atoms. The van der Waals surface area contributed by atoms with Crippen molar-refractivity contribution in [2.75, 3.05) is 0 Å². The number of pyridine rings is 1. The van der Waals surface area contributed by atoms with E-state index >= 15 is 0 Å². The molecule has 3 aliphatic rings. The minimum atomic E-state index is -3.87. The van der Waals surface area contributed by atoms with Crippen molar-refractivity contribution < 1.29 is 37.1 Å². The second-order valence-corrected chi connectivity index (χ2v) is 17.3. The molecule has 1 heterocycles. The molecule has 260 valence electrons. The van der Waals surface area contributed by atoms with Crippen molar-refractivity contribution in [3.05, 3.63) is 49.2 Å². The number of sulfonamides is 1. The van der Waals surface area contributed by atoms with E-state index in [0.717, 1.165) is 10.8 Å². The molecule has 13 heteroatoms. The number of ketones is 1. The van der Waals surface area contributed by atoms with Crippen LogP contribution in [0.2, 0.25) is 0 Å². The summed E-state index contributed by atoms with van der Waals surface area (Å²) in [5, 5.41) is 6.61. The van der Waals surface area contributed by atoms with Crippen LogP contribution in [0.3, 0.4) is 0 Å². The molecule has 0 spiro atoms. The highest BCUT2D eigenvalue weighted by molar-refractivity contribution is 7.91. The summed E-state index contributed by atoms with van der Waals surface area (Å²) in [7, 11) is -3.87. The molecule has 48 heavy (non-hydrogen) atoms. The number of nitrogens with one attached hydrogen (secondary N) is 3. The van der Waals surface area contributed by atoms with Gasteiger partial charge in [-0.25, -0.2) is 18.2 Å². The number of hydrogen-bond acceptors (Lipinski definition) is 9. The fraction of sp³-hybridized carbons (Fsp3) is 0.571. The quantitative estimate of drug-likeness (QED) is 0.294. The third-order valence-corrected chi connectivity index (χ3v) is 11.0. The number of rotatable bonds is 11. The number of benzene rings is 1. The SMILES string of the molecule is C=C[C@@H]1C[C@]1(NC(=O)[C@@H]1C[C@@H](Oc2nccc3ccccc23)CC1C(=O)[C@@H](NC(=O)OC(C)(C)C)C(C)(C)C)C(=O)NS(=O)(=O)C1CC1. The lowest BCUT2D eigenvalue weighted by molar-refractivity contribution is -0.137. The molecule has 3 fully saturated rings. The number of aromatic nitrogens is 1. The van der Waals surface area contributed by atoms with Gasteiger partial charge in [0.2, 0.25) is 21.8 Å². The van der Waals surface area contributed by atoms with Crippen LogP contribution < -0.4 is 20.1 Å². The van der Waals surface area contributed by atoms with Crippen LogP contribution in [-0.4, -0.2) is 65.6 Å². The maximum atomic E-state index is 14.4. The lowest BCUT2D eigenvalue weighted by Crippen LogP contribution is -2.56. The number of hydrogen-bond donors (Lipinski definition) is 3. The summed E-state index contributed by atoms with van der Waals surface area (Å²) < 4.78 is 39.2. The third-order valence-electron chi connectivity index (χ3n) is 9.20. The average molecular weight is 683 g/mol. The van der Waals surface area contributed by atoms with Gasteiger partial charge < -0.3 is 20.1 Å². The fourth-order valence-corrected chi connectivity index (χ4v) is 7.78. The molecule has 6 atom stereocenters. The van der Waals surface area contributed by atoms with Gasteiger partial charge in [-0.15, -0.1) is 6.58 Å². The Labute approximate surface area is 281 Å². The van der Waals surface area contributed by atoms with Crippen molar-refractivity contribution >= 4 is 44.5 Å². The highest BCUT2D eigenvalue weighted by atomic mass is 32.2. The Morgan fingerprint density at radius 1 is 1.02 bits per heavy atom. The topological polar surface area (TPSA) is 170 Å². The standard InChI is InChI=1S/C35H46N4O8S/c1-8-21-19-35(21,31(42)39-48(44,45)23-13-14-23)38-29(41)26-18-22(46-30-24-12-10-9-11-20(24)15-16-36-30)17-25(26)27(40)28(33(2,3)4)37-32(43)47-34(5,6)7/h8-12,15-16,21-23,25-26,28H,1,13-14,17-19H2,2-7H3,(H,37,43)(H,38,41)(H,39,42)/t21-,22+,25?,26-,28-,35-/m1/s1. The largest absolute Gasteiger partial charge is 0.474 e. The van der Waals surface area contributed by atoms with E-state index in [1.807, 2.05) is 51.1 Å². The number of amides is 3. The van der Waals surface area contributed by atoms with Gasteiger partial charge >= 0.3 is 6.09 Å². The minimum absolute atomic E-state index is 0.118. The van der Waals surface area contributed by atoms with Crippen LogP contribution in [0.15, 0.2) is 49.2 Å². The Hall–Kier alpha value is -4.00. The average Bonchev–Trinajstić information content (AvgIpc) is 3.91. The van der Waals surface area contributed by atoms with Gasteiger partial charge in [0.1, 0.15) is 17.2 Å². The van der Waals surface area contributed by atoms with Crippen molar-refractivity contribution in [3.63, 3.8) is 0 Å². The predicted molar refractivity (Wildman–Crippen MR) is 179 cm³/mol. The number of carbonyl (C=O) groups is 4. The first kappa shape index (κ1) is 35.3. The Morgan fingerprint density at radius 2 is 1.69 bits per heavy atom. The summed E-state index contributed by atoms with van der Waals surface area (Å²) >= 11 is 0. The number of fused-ring (bicyclic) bond motifs is 1. The zero-order valence-electron chi connectivity index (χ0n) is 28.4. The minimum Gasteiger partial charge on any atom is -0.474 e. The summed E-state index contributed by atoms with van der Waals surface area (Å²) in [5.41, 5.74) is -3.07. The van der Waals surface area contributed by atoms with Gasteiger partial charge in [-0.05, 0) is 75.8 Å². The van der Waals surface area contributed by atoms with Gasteiger partial charge in [-0.2, -0.15) is 0 Å². The van der Waals surface area contributed by atoms with Gasteiger partial charge in [0.25, 0.3) is 5.91 Å². The van der Waals surface area contributed by atoms with E-state index in [4.69, 9.17) is 9.47 Å². The van der Waals surface area contributed by atoms with Gasteiger partial charge in [0.15, 0.2) is 5.78 Å². The highest BCUT2D eigenvalue weighted by Crippen LogP contribution is 2.47. The molecule has 3 saturated carbocycles. The van der Waals surface area contributed by atoms with Crippen LogP contribution >= 0.6 is 0 Å². The number of alkyl carbamates (subject to hydrolysis) is 1. The van der Waals surface area contributed by atoms with Crippen molar-refractivity contribution in [1.29, 1.82) is 0 Å². The molecule has 3 amide bonds. The first-order valence-corrected chi connectivity index (χ1v) is 17.9. The zero-order valence-corrected chi connectivity index (χ0v) is 29.2. The Kier molecular flexibility index (Phi) is 9.41. The van der Waals surface area contributed by atoms with E-state index in [2.05, 4.69) is 26.9 Å². The van der Waals surface area contributed by atoms with E-state index in [9.17, 15) is 27.6 Å². The molecular weight excluding hydrogens is 636 g/mol. The summed E-state index contributed by atoms with van der Waals surface area (Å²) in [5.74, 6) is -3.79. The highest BCUT2D eigenvalue weighted by Gasteiger charge is 2.62. The summed E-state index contributed by atoms with van der Waals surface area (Å²) in [4.78, 5) is 59.3. The smallest absolute Gasteiger partial charge is 0.408 e. The summed E-state index contributed by atoms with van der Waals surface area (Å²) in [6.45, 7) is 14.4. The van der Waals surface area contributed by atoms with E-state index in [1.54, 1.807) is 27.0 Å². The van der Waals surface area contributed by atoms with E-state index < -0.39 is 79.6 Å². The van der Waals surface area contributed by atoms with Gasteiger partial charge in [0, 0.05) is 23.4 Å². The molecule has 0 aliphatic heterocycles. The first-order chi connectivity index (χ1) is 22.3. The number of carbonyl (C=O) groups excluding carboxylic acids is 4. The molecule has 5 rings (SSSR count). The maximum Gasteiger partial charge on any atom is 0.408 e. The normalized spacial score (nSPS) is 26.2. The fourth-order valence-electron chi connectivity index (χ4n) is 6.42. The van der Waals surface area contributed by atoms with Crippen LogP contribution in [0.4, 0.5) is 4.79 Å². The zero-order chi connectivity index (χ0) is 35.2. The van der Waals surface area contributed by atoms with Gasteiger partial charge in [-0.1, -0.05) is 45.0 Å². The van der Waals surface area contributed by atoms with E-state index in [0.29, 0.717) is 18.7 Å². The lowest BCUT2D eigenvalue weighted by Gasteiger charge is -2.34. The second-order valence-electron chi connectivity index (χ2n) is 15.3. The van der Waals surface area contributed by atoms with Crippen LogP contribution in [0, 0.1) is 23.2 Å². The van der Waals surface area contributed by atoms with Crippen LogP contribution in [0.25, 0.3) is 10.8 Å². The monoisotopic (exact) mass is 682 g/mol. The lowest BCUT2D eigenvalue weighted by atomic mass is 9.77. The molecule has 3 N–H and O–H groups in total. The molecule has 3 aliphatic carbocycles. The Morgan fingerprint density at radius 3 is 2.29 bits per heavy atom. The van der Waals surface area contributed by atoms with Crippen LogP contribution in [0.1, 0.15) is 73.6 Å². The molecule has 12 nitrogen and oxygen atoms in total. The van der Waals surface area contributed by atoms with Crippen LogP contribution in [-0.2, 0) is 29.1 Å². The number of nitrogens with zero attached hydrogens (tertiary/aromatic N) is 1. The van der Waals surface area contributed by atoms with E-state index in [-0.39, 0.29) is 25.0 Å². The van der Waals surface area contributed by atoms with Crippen molar-refractivity contribution in [2.24, 2.45) is 23.2 Å². The Balaban J connectivity index is 1.43. The molecule has 0 radical (unpaired) electrons. The summed E-state index contributed by atoms with van der Waals surface area (Å²) in [6, 6.07) is 8.40. The van der Waals surface area contributed by atoms with Gasteiger partial charge in [-0.3, -0.25) is 19.1 Å². The van der Waals surface area contributed by atoms with E-state index in [1.165, 1.54) is 6.08 Å².